The standard InChI is InChI=1S/C16H27N5O10/c1-5(22)11(15(29)21-12(6(2)23)16(30)31)20-14(28)8(4-10(25)26)19-13(27)7(17)3-9(18)24/h5-8,11-12,22-23H,3-4,17H2,1-2H3,(H2,18,24)(H,19,27)(H,20,28)(H,21,29)(H,25,26)(H,30,31). The molecule has 0 radical (unpaired) electrons. The summed E-state index contributed by atoms with van der Waals surface area (Å²) in [4.78, 5) is 69.7. The third-order valence-electron chi connectivity index (χ3n) is 3.88. The van der Waals surface area contributed by atoms with Crippen LogP contribution in [0.4, 0.5) is 0 Å². The molecule has 4 amide bonds. The molecular formula is C16H27N5O10. The summed E-state index contributed by atoms with van der Waals surface area (Å²) in [5.41, 5.74) is 10.3. The summed E-state index contributed by atoms with van der Waals surface area (Å²) in [5, 5.41) is 43.1. The van der Waals surface area contributed by atoms with Crippen LogP contribution in [0.1, 0.15) is 26.7 Å². The normalized spacial score (nSPS) is 16.5. The van der Waals surface area contributed by atoms with Gasteiger partial charge in [0, 0.05) is 0 Å². The highest BCUT2D eigenvalue weighted by Gasteiger charge is 2.34. The number of carboxylic acid groups (broad SMARTS) is 2. The van der Waals surface area contributed by atoms with Crippen molar-refractivity contribution >= 4 is 35.6 Å². The number of carbonyl (C=O) groups excluding carboxylic acids is 4. The lowest BCUT2D eigenvalue weighted by Gasteiger charge is -2.26. The van der Waals surface area contributed by atoms with Crippen molar-refractivity contribution in [3.63, 3.8) is 0 Å². The van der Waals surface area contributed by atoms with Gasteiger partial charge < -0.3 is 47.8 Å². The van der Waals surface area contributed by atoms with Crippen molar-refractivity contribution in [2.45, 2.75) is 63.1 Å². The molecule has 0 aliphatic heterocycles. The second kappa shape index (κ2) is 12.4. The van der Waals surface area contributed by atoms with Crippen molar-refractivity contribution in [3.8, 4) is 0 Å². The average Bonchev–Trinajstić information content (AvgIpc) is 2.61. The third kappa shape index (κ3) is 9.83. The fourth-order valence-corrected chi connectivity index (χ4v) is 2.26. The van der Waals surface area contributed by atoms with Crippen molar-refractivity contribution < 1.29 is 49.2 Å². The quantitative estimate of drug-likeness (QED) is 0.128. The zero-order chi connectivity index (χ0) is 24.5. The Balaban J connectivity index is 5.46. The van der Waals surface area contributed by atoms with Crippen LogP contribution in [0, 0.1) is 0 Å². The summed E-state index contributed by atoms with van der Waals surface area (Å²) < 4.78 is 0. The number of carboxylic acids is 2. The zero-order valence-corrected chi connectivity index (χ0v) is 16.8. The maximum atomic E-state index is 12.5. The summed E-state index contributed by atoms with van der Waals surface area (Å²) >= 11 is 0. The number of nitrogens with two attached hydrogens (primary N) is 2. The first-order valence-electron chi connectivity index (χ1n) is 8.93. The van der Waals surface area contributed by atoms with Crippen molar-refractivity contribution in [1.29, 1.82) is 0 Å². The number of aliphatic hydroxyl groups excluding tert-OH is 2. The molecule has 11 N–H and O–H groups in total. The molecular weight excluding hydrogens is 422 g/mol. The van der Waals surface area contributed by atoms with Gasteiger partial charge >= 0.3 is 11.9 Å². The second-order valence-electron chi connectivity index (χ2n) is 6.73. The maximum Gasteiger partial charge on any atom is 0.328 e. The highest BCUT2D eigenvalue weighted by molar-refractivity contribution is 5.96. The number of aliphatic hydroxyl groups is 2. The number of rotatable bonds is 13. The Morgan fingerprint density at radius 3 is 1.65 bits per heavy atom. The molecule has 0 aromatic rings. The number of nitrogens with one attached hydrogen (secondary N) is 3. The minimum absolute atomic E-state index is 0.581. The monoisotopic (exact) mass is 449 g/mol. The largest absolute Gasteiger partial charge is 0.481 e. The van der Waals surface area contributed by atoms with E-state index in [-0.39, 0.29) is 0 Å². The summed E-state index contributed by atoms with van der Waals surface area (Å²) in [5.74, 6) is -7.49. The lowest BCUT2D eigenvalue weighted by atomic mass is 10.1. The van der Waals surface area contributed by atoms with Crippen LogP contribution in [0.5, 0.6) is 0 Å². The fraction of sp³-hybridized carbons (Fsp3) is 0.625. The predicted molar refractivity (Wildman–Crippen MR) is 101 cm³/mol. The van der Waals surface area contributed by atoms with Crippen LogP contribution in [-0.4, -0.2) is 92.4 Å². The van der Waals surface area contributed by atoms with Gasteiger partial charge in [-0.05, 0) is 13.8 Å². The number of hydrogen-bond donors (Lipinski definition) is 9. The van der Waals surface area contributed by atoms with E-state index in [2.05, 4.69) is 0 Å². The van der Waals surface area contributed by atoms with Gasteiger partial charge in [0.1, 0.15) is 12.1 Å². The molecule has 0 aliphatic carbocycles. The molecule has 0 fully saturated rings. The van der Waals surface area contributed by atoms with Gasteiger partial charge in [0.25, 0.3) is 0 Å². The van der Waals surface area contributed by atoms with E-state index in [9.17, 15) is 39.0 Å². The van der Waals surface area contributed by atoms with E-state index >= 15 is 0 Å². The molecule has 15 heteroatoms. The van der Waals surface area contributed by atoms with Crippen molar-refractivity contribution in [3.05, 3.63) is 0 Å². The highest BCUT2D eigenvalue weighted by Crippen LogP contribution is 2.02. The van der Waals surface area contributed by atoms with Crippen molar-refractivity contribution in [2.24, 2.45) is 11.5 Å². The van der Waals surface area contributed by atoms with Gasteiger partial charge in [-0.2, -0.15) is 0 Å². The van der Waals surface area contributed by atoms with Gasteiger partial charge in [-0.25, -0.2) is 4.79 Å². The highest BCUT2D eigenvalue weighted by atomic mass is 16.4. The van der Waals surface area contributed by atoms with E-state index in [4.69, 9.17) is 21.7 Å². The van der Waals surface area contributed by atoms with Gasteiger partial charge in [-0.1, -0.05) is 0 Å². The number of primary amides is 1. The molecule has 0 saturated heterocycles. The minimum atomic E-state index is -1.76. The molecule has 0 saturated carbocycles. The van der Waals surface area contributed by atoms with Gasteiger partial charge in [0.2, 0.25) is 23.6 Å². The van der Waals surface area contributed by atoms with Crippen molar-refractivity contribution in [1.82, 2.24) is 16.0 Å². The van der Waals surface area contributed by atoms with Gasteiger partial charge in [-0.3, -0.25) is 24.0 Å². The predicted octanol–water partition coefficient (Wildman–Crippen LogP) is -5.04. The van der Waals surface area contributed by atoms with Crippen LogP contribution >= 0.6 is 0 Å². The minimum Gasteiger partial charge on any atom is -0.481 e. The Morgan fingerprint density at radius 1 is 0.774 bits per heavy atom. The molecule has 6 atom stereocenters. The van der Waals surface area contributed by atoms with Crippen LogP contribution in [0.3, 0.4) is 0 Å². The first-order chi connectivity index (χ1) is 14.2. The Hall–Kier alpha value is -3.30. The number of carbonyl (C=O) groups is 6. The number of amides is 4. The summed E-state index contributed by atoms with van der Waals surface area (Å²) in [6, 6.07) is -6.75. The van der Waals surface area contributed by atoms with E-state index in [0.29, 0.717) is 0 Å². The van der Waals surface area contributed by atoms with Gasteiger partial charge in [-0.15, -0.1) is 0 Å². The first-order valence-corrected chi connectivity index (χ1v) is 8.93. The van der Waals surface area contributed by atoms with Crippen LogP contribution in [0.2, 0.25) is 0 Å². The van der Waals surface area contributed by atoms with Crippen LogP contribution in [0.25, 0.3) is 0 Å². The fourth-order valence-electron chi connectivity index (χ4n) is 2.26. The molecule has 0 rings (SSSR count). The lowest BCUT2D eigenvalue weighted by Crippen LogP contribution is -2.61. The summed E-state index contributed by atoms with van der Waals surface area (Å²) in [6.07, 6.45) is -4.62. The molecule has 0 bridgehead atoms. The Labute approximate surface area is 176 Å². The lowest BCUT2D eigenvalue weighted by molar-refractivity contribution is -0.146. The molecule has 176 valence electrons. The number of hydrogen-bond acceptors (Lipinski definition) is 9. The molecule has 0 heterocycles. The van der Waals surface area contributed by atoms with Crippen LogP contribution in [0.15, 0.2) is 0 Å². The van der Waals surface area contributed by atoms with Crippen LogP contribution in [-0.2, 0) is 28.8 Å². The SMILES string of the molecule is CC(O)C(NC(=O)C(NC(=O)C(CC(=O)O)NC(=O)C(N)CC(N)=O)C(C)O)C(=O)O. The molecule has 6 unspecified atom stereocenters. The molecule has 0 aromatic carbocycles. The molecule has 31 heavy (non-hydrogen) atoms. The Bertz CT molecular complexity index is 711. The first kappa shape index (κ1) is 27.7. The topological polar surface area (TPSA) is 271 Å². The van der Waals surface area contributed by atoms with E-state index in [1.807, 2.05) is 16.0 Å². The van der Waals surface area contributed by atoms with E-state index in [0.717, 1.165) is 13.8 Å². The smallest absolute Gasteiger partial charge is 0.328 e. The molecule has 0 spiro atoms. The van der Waals surface area contributed by atoms with Gasteiger partial charge in [0.15, 0.2) is 6.04 Å². The third-order valence-corrected chi connectivity index (χ3v) is 3.88. The Morgan fingerprint density at radius 2 is 1.26 bits per heavy atom. The van der Waals surface area contributed by atoms with Crippen LogP contribution < -0.4 is 27.4 Å². The molecule has 0 aliphatic rings. The molecule has 0 aromatic heterocycles. The van der Waals surface area contributed by atoms with E-state index in [1.165, 1.54) is 0 Å². The summed E-state index contributed by atoms with van der Waals surface area (Å²) in [7, 11) is 0. The zero-order valence-electron chi connectivity index (χ0n) is 16.8. The number of aliphatic carboxylic acids is 2. The van der Waals surface area contributed by atoms with E-state index in [1.54, 1.807) is 0 Å². The average molecular weight is 449 g/mol. The van der Waals surface area contributed by atoms with Crippen molar-refractivity contribution in [2.75, 3.05) is 0 Å². The Kier molecular flexibility index (Phi) is 11.1. The maximum absolute atomic E-state index is 12.5. The second-order valence-corrected chi connectivity index (χ2v) is 6.73. The summed E-state index contributed by atoms with van der Waals surface area (Å²) in [6.45, 7) is 2.17. The van der Waals surface area contributed by atoms with Gasteiger partial charge in [0.05, 0.1) is 31.1 Å². The molecule has 15 nitrogen and oxygen atoms in total. The van der Waals surface area contributed by atoms with E-state index < -0.39 is 84.8 Å².